The molecule has 1 amide bonds. The van der Waals surface area contributed by atoms with Crippen LogP contribution in [0.2, 0.25) is 0 Å². The first-order chi connectivity index (χ1) is 9.34. The van der Waals surface area contributed by atoms with Crippen LogP contribution in [0.4, 0.5) is 5.69 Å². The summed E-state index contributed by atoms with van der Waals surface area (Å²) in [5.41, 5.74) is 6.97. The first-order valence-corrected chi connectivity index (χ1v) is 8.17. The van der Waals surface area contributed by atoms with Crippen LogP contribution in [-0.2, 0) is 10.2 Å². The molecule has 0 aromatic heterocycles. The van der Waals surface area contributed by atoms with Gasteiger partial charge in [-0.25, -0.2) is 0 Å². The SMILES string of the molecule is CC1SCCN(C(=O)C(C)(C)c2ccc(N)cc2)C1C. The molecule has 2 unspecified atom stereocenters. The number of benzene rings is 1. The molecule has 110 valence electrons. The maximum absolute atomic E-state index is 12.9. The number of hydrogen-bond acceptors (Lipinski definition) is 3. The van der Waals surface area contributed by atoms with Gasteiger partial charge in [0.2, 0.25) is 5.91 Å². The van der Waals surface area contributed by atoms with Gasteiger partial charge in [-0.2, -0.15) is 11.8 Å². The third kappa shape index (κ3) is 2.80. The van der Waals surface area contributed by atoms with Gasteiger partial charge in [-0.05, 0) is 38.5 Å². The lowest BCUT2D eigenvalue weighted by Gasteiger charge is -2.41. The number of carbonyl (C=O) groups is 1. The zero-order chi connectivity index (χ0) is 14.9. The van der Waals surface area contributed by atoms with Crippen molar-refractivity contribution in [2.24, 2.45) is 0 Å². The van der Waals surface area contributed by atoms with Crippen molar-refractivity contribution in [3.8, 4) is 0 Å². The molecule has 1 aliphatic rings. The van der Waals surface area contributed by atoms with Gasteiger partial charge in [0, 0.05) is 29.3 Å². The maximum Gasteiger partial charge on any atom is 0.232 e. The van der Waals surface area contributed by atoms with E-state index in [9.17, 15) is 4.79 Å². The number of amides is 1. The summed E-state index contributed by atoms with van der Waals surface area (Å²) < 4.78 is 0. The minimum Gasteiger partial charge on any atom is -0.399 e. The predicted octanol–water partition coefficient (Wildman–Crippen LogP) is 2.90. The molecule has 0 bridgehead atoms. The molecule has 2 N–H and O–H groups in total. The van der Waals surface area contributed by atoms with Crippen LogP contribution in [0.1, 0.15) is 33.3 Å². The van der Waals surface area contributed by atoms with Crippen LogP contribution >= 0.6 is 11.8 Å². The van der Waals surface area contributed by atoms with E-state index in [4.69, 9.17) is 5.73 Å². The monoisotopic (exact) mass is 292 g/mol. The topological polar surface area (TPSA) is 46.3 Å². The largest absolute Gasteiger partial charge is 0.399 e. The van der Waals surface area contributed by atoms with Gasteiger partial charge >= 0.3 is 0 Å². The molecule has 1 saturated heterocycles. The van der Waals surface area contributed by atoms with Crippen molar-refractivity contribution in [3.63, 3.8) is 0 Å². The van der Waals surface area contributed by atoms with Crippen molar-refractivity contribution in [1.29, 1.82) is 0 Å². The van der Waals surface area contributed by atoms with Crippen molar-refractivity contribution in [2.75, 3.05) is 18.0 Å². The van der Waals surface area contributed by atoms with Crippen molar-refractivity contribution in [2.45, 2.75) is 44.4 Å². The minimum atomic E-state index is -0.510. The average molecular weight is 292 g/mol. The molecule has 1 aliphatic heterocycles. The number of hydrogen-bond donors (Lipinski definition) is 1. The summed E-state index contributed by atoms with van der Waals surface area (Å²) in [6, 6.07) is 7.93. The molecule has 1 aromatic rings. The van der Waals surface area contributed by atoms with Gasteiger partial charge in [0.25, 0.3) is 0 Å². The smallest absolute Gasteiger partial charge is 0.232 e. The number of carbonyl (C=O) groups excluding carboxylic acids is 1. The van der Waals surface area contributed by atoms with Crippen LogP contribution in [0.3, 0.4) is 0 Å². The second-order valence-corrected chi connectivity index (χ2v) is 7.55. The number of nitrogen functional groups attached to an aromatic ring is 1. The molecule has 4 heteroatoms. The van der Waals surface area contributed by atoms with Gasteiger partial charge in [-0.1, -0.05) is 19.1 Å². The van der Waals surface area contributed by atoms with E-state index in [1.165, 1.54) is 0 Å². The number of anilines is 1. The Balaban J connectivity index is 2.24. The normalized spacial score (nSPS) is 23.7. The molecule has 1 fully saturated rings. The third-order valence-electron chi connectivity index (χ3n) is 4.31. The molecule has 1 heterocycles. The Bertz CT molecular complexity index is 484. The highest BCUT2D eigenvalue weighted by atomic mass is 32.2. The molecular formula is C16H24N2OS. The molecule has 2 rings (SSSR count). The quantitative estimate of drug-likeness (QED) is 0.853. The van der Waals surface area contributed by atoms with Crippen molar-refractivity contribution in [1.82, 2.24) is 4.90 Å². The van der Waals surface area contributed by atoms with Gasteiger partial charge in [-0.15, -0.1) is 0 Å². The lowest BCUT2D eigenvalue weighted by molar-refractivity contribution is -0.138. The standard InChI is InChI=1S/C16H24N2OS/c1-11-12(2)20-10-9-18(11)15(19)16(3,4)13-5-7-14(17)8-6-13/h5-8,11-12H,9-10,17H2,1-4H3. The first kappa shape index (κ1) is 15.2. The van der Waals surface area contributed by atoms with Gasteiger partial charge in [0.1, 0.15) is 0 Å². The van der Waals surface area contributed by atoms with E-state index < -0.39 is 5.41 Å². The van der Waals surface area contributed by atoms with Crippen LogP contribution in [0.25, 0.3) is 0 Å². The molecule has 3 nitrogen and oxygen atoms in total. The number of nitrogens with two attached hydrogens (primary N) is 1. The van der Waals surface area contributed by atoms with E-state index >= 15 is 0 Å². The van der Waals surface area contributed by atoms with E-state index in [0.717, 1.165) is 23.5 Å². The van der Waals surface area contributed by atoms with Crippen LogP contribution in [-0.4, -0.2) is 34.4 Å². The molecule has 0 radical (unpaired) electrons. The van der Waals surface area contributed by atoms with Crippen molar-refractivity contribution < 1.29 is 4.79 Å². The van der Waals surface area contributed by atoms with Crippen molar-refractivity contribution >= 4 is 23.4 Å². The van der Waals surface area contributed by atoms with Crippen LogP contribution in [0, 0.1) is 0 Å². The highest BCUT2D eigenvalue weighted by molar-refractivity contribution is 8.00. The fourth-order valence-electron chi connectivity index (χ4n) is 2.60. The molecule has 20 heavy (non-hydrogen) atoms. The summed E-state index contributed by atoms with van der Waals surface area (Å²) in [6.45, 7) is 9.19. The second kappa shape index (κ2) is 5.68. The Kier molecular flexibility index (Phi) is 4.33. The predicted molar refractivity (Wildman–Crippen MR) is 87.0 cm³/mol. The Hall–Kier alpha value is -1.16. The number of rotatable bonds is 2. The highest BCUT2D eigenvalue weighted by Gasteiger charge is 2.38. The molecule has 0 spiro atoms. The lowest BCUT2D eigenvalue weighted by atomic mass is 9.82. The van der Waals surface area contributed by atoms with E-state index in [-0.39, 0.29) is 11.9 Å². The fourth-order valence-corrected chi connectivity index (χ4v) is 3.70. The Morgan fingerprint density at radius 3 is 2.50 bits per heavy atom. The summed E-state index contributed by atoms with van der Waals surface area (Å²) in [5.74, 6) is 1.23. The fraction of sp³-hybridized carbons (Fsp3) is 0.562. The second-order valence-electron chi connectivity index (χ2n) is 6.06. The summed E-state index contributed by atoms with van der Waals surface area (Å²) in [7, 11) is 0. The molecule has 2 atom stereocenters. The van der Waals surface area contributed by atoms with E-state index in [0.29, 0.717) is 5.25 Å². The highest BCUT2D eigenvalue weighted by Crippen LogP contribution is 2.31. The molecule has 0 aliphatic carbocycles. The zero-order valence-corrected chi connectivity index (χ0v) is 13.5. The summed E-state index contributed by atoms with van der Waals surface area (Å²) in [5, 5.41) is 0.495. The van der Waals surface area contributed by atoms with E-state index in [2.05, 4.69) is 13.8 Å². The van der Waals surface area contributed by atoms with Crippen molar-refractivity contribution in [3.05, 3.63) is 29.8 Å². The Morgan fingerprint density at radius 1 is 1.30 bits per heavy atom. The summed E-state index contributed by atoms with van der Waals surface area (Å²) in [4.78, 5) is 15.0. The average Bonchev–Trinajstić information content (AvgIpc) is 2.41. The van der Waals surface area contributed by atoms with Crippen LogP contribution in [0.5, 0.6) is 0 Å². The lowest BCUT2D eigenvalue weighted by Crippen LogP contribution is -2.53. The van der Waals surface area contributed by atoms with Crippen LogP contribution < -0.4 is 5.73 Å². The molecule has 1 aromatic carbocycles. The maximum atomic E-state index is 12.9. The minimum absolute atomic E-state index is 0.210. The van der Waals surface area contributed by atoms with E-state index in [1.807, 2.05) is 54.8 Å². The Labute approximate surface area is 125 Å². The molecular weight excluding hydrogens is 268 g/mol. The van der Waals surface area contributed by atoms with Gasteiger partial charge < -0.3 is 10.6 Å². The van der Waals surface area contributed by atoms with Gasteiger partial charge in [0.15, 0.2) is 0 Å². The molecule has 0 saturated carbocycles. The third-order valence-corrected chi connectivity index (χ3v) is 5.65. The Morgan fingerprint density at radius 2 is 1.90 bits per heavy atom. The number of thioether (sulfide) groups is 1. The zero-order valence-electron chi connectivity index (χ0n) is 12.7. The van der Waals surface area contributed by atoms with Gasteiger partial charge in [0.05, 0.1) is 5.41 Å². The summed E-state index contributed by atoms with van der Waals surface area (Å²) >= 11 is 1.95. The van der Waals surface area contributed by atoms with Crippen LogP contribution in [0.15, 0.2) is 24.3 Å². The number of nitrogens with zero attached hydrogens (tertiary/aromatic N) is 1. The van der Waals surface area contributed by atoms with Gasteiger partial charge in [-0.3, -0.25) is 4.79 Å². The first-order valence-electron chi connectivity index (χ1n) is 7.12. The van der Waals surface area contributed by atoms with E-state index in [1.54, 1.807) is 0 Å². The summed E-state index contributed by atoms with van der Waals surface area (Å²) in [6.07, 6.45) is 0.